The van der Waals surface area contributed by atoms with Gasteiger partial charge in [-0.2, -0.15) is 0 Å². The number of halogens is 1. The molecule has 1 heterocycles. The Balaban J connectivity index is 2.42. The molecule has 0 unspecified atom stereocenters. The minimum absolute atomic E-state index is 0.407. The molecule has 2 fully saturated rings. The number of rotatable bonds is 1. The summed E-state index contributed by atoms with van der Waals surface area (Å²) in [6, 6.07) is 0. The third-order valence-electron chi connectivity index (χ3n) is 4.10. The Morgan fingerprint density at radius 1 is 1.62 bits per heavy atom. The van der Waals surface area contributed by atoms with Crippen molar-refractivity contribution < 1.29 is 0 Å². The van der Waals surface area contributed by atoms with Crippen LogP contribution in [0.5, 0.6) is 0 Å². The smallest absolute Gasteiger partial charge is 0.0184 e. The van der Waals surface area contributed by atoms with Gasteiger partial charge in [-0.15, -0.1) is 0 Å². The molecule has 2 rings (SSSR count). The summed E-state index contributed by atoms with van der Waals surface area (Å²) in [5, 5.41) is 4.46. The third-order valence-corrected chi connectivity index (χ3v) is 4.33. The summed E-state index contributed by atoms with van der Waals surface area (Å²) < 4.78 is 0. The van der Waals surface area contributed by atoms with Gasteiger partial charge in [0.15, 0.2) is 0 Å². The first-order chi connectivity index (χ1) is 7.58. The number of nitrogens with one attached hydrogen (secondary N) is 1. The lowest BCUT2D eigenvalue weighted by molar-refractivity contribution is 0.247. The second-order valence-electron chi connectivity index (χ2n) is 5.21. The molecule has 1 nitrogen and oxygen atoms in total. The summed E-state index contributed by atoms with van der Waals surface area (Å²) in [5.41, 5.74) is 3.15. The fourth-order valence-corrected chi connectivity index (χ4v) is 3.30. The molecule has 1 aliphatic heterocycles. The zero-order valence-corrected chi connectivity index (χ0v) is 10.9. The lowest BCUT2D eigenvalue weighted by Crippen LogP contribution is -2.32. The average molecular weight is 238 g/mol. The van der Waals surface area contributed by atoms with E-state index in [0.717, 1.165) is 24.5 Å². The van der Waals surface area contributed by atoms with E-state index < -0.39 is 0 Å². The van der Waals surface area contributed by atoms with Gasteiger partial charge in [0.2, 0.25) is 0 Å². The van der Waals surface area contributed by atoms with Crippen molar-refractivity contribution in [3.8, 4) is 0 Å². The van der Waals surface area contributed by atoms with Gasteiger partial charge in [-0.05, 0) is 36.3 Å². The maximum absolute atomic E-state index is 6.21. The van der Waals surface area contributed by atoms with Crippen LogP contribution in [0.4, 0.5) is 0 Å². The Hall–Kier alpha value is -0.530. The minimum Gasteiger partial charge on any atom is -0.316 e. The van der Waals surface area contributed by atoms with E-state index in [1.165, 1.54) is 17.6 Å². The largest absolute Gasteiger partial charge is 0.316 e. The number of hydrogen-bond acceptors (Lipinski definition) is 1. The van der Waals surface area contributed by atoms with Crippen LogP contribution < -0.4 is 5.32 Å². The van der Waals surface area contributed by atoms with Crippen LogP contribution in [-0.2, 0) is 0 Å². The summed E-state index contributed by atoms with van der Waals surface area (Å²) in [4.78, 5) is 0. The highest BCUT2D eigenvalue weighted by atomic mass is 35.5. The monoisotopic (exact) mass is 237 g/mol. The van der Waals surface area contributed by atoms with Crippen LogP contribution in [0.3, 0.4) is 0 Å². The molecule has 0 aromatic rings. The van der Waals surface area contributed by atoms with Crippen molar-refractivity contribution in [3.05, 3.63) is 34.9 Å². The molecular weight excluding hydrogens is 218 g/mol. The van der Waals surface area contributed by atoms with Crippen molar-refractivity contribution in [1.82, 2.24) is 5.32 Å². The van der Waals surface area contributed by atoms with E-state index in [9.17, 15) is 0 Å². The molecule has 0 aromatic carbocycles. The predicted octanol–water partition coefficient (Wildman–Crippen LogP) is 3.63. The molecule has 16 heavy (non-hydrogen) atoms. The molecule has 1 N–H and O–H groups in total. The van der Waals surface area contributed by atoms with Crippen molar-refractivity contribution in [3.63, 3.8) is 0 Å². The van der Waals surface area contributed by atoms with Crippen LogP contribution in [0.2, 0.25) is 0 Å². The highest BCUT2D eigenvalue weighted by Crippen LogP contribution is 2.49. The van der Waals surface area contributed by atoms with Crippen molar-refractivity contribution in [2.45, 2.75) is 26.7 Å². The van der Waals surface area contributed by atoms with Crippen molar-refractivity contribution in [2.24, 2.45) is 11.3 Å². The first-order valence-corrected chi connectivity index (χ1v) is 6.35. The molecule has 0 aromatic heterocycles. The van der Waals surface area contributed by atoms with E-state index in [4.69, 9.17) is 11.6 Å². The van der Waals surface area contributed by atoms with Crippen LogP contribution in [0, 0.1) is 11.3 Å². The second-order valence-corrected chi connectivity index (χ2v) is 5.77. The standard InChI is InChI=1S/C14H20ClN/c1-4-5-12-11(10(2)15)6-7-14(3)9-16-8-13(12)14/h4-5,13,16H,1,6-9H2,2-3H3/b11-10+,12-5+/t13-,14-/m0/s1. The normalized spacial score (nSPS) is 39.7. The Morgan fingerprint density at radius 2 is 2.38 bits per heavy atom. The molecular formula is C14H20ClN. The summed E-state index contributed by atoms with van der Waals surface area (Å²) in [6.45, 7) is 10.4. The summed E-state index contributed by atoms with van der Waals surface area (Å²) in [5.74, 6) is 0.600. The molecule has 0 amide bonds. The Kier molecular flexibility index (Phi) is 3.27. The first kappa shape index (κ1) is 11.9. The number of hydrogen-bond donors (Lipinski definition) is 1. The van der Waals surface area contributed by atoms with Gasteiger partial charge in [0, 0.05) is 24.0 Å². The van der Waals surface area contributed by atoms with Gasteiger partial charge in [-0.3, -0.25) is 0 Å². The van der Waals surface area contributed by atoms with E-state index in [-0.39, 0.29) is 0 Å². The molecule has 0 radical (unpaired) electrons. The zero-order valence-electron chi connectivity index (χ0n) is 10.1. The topological polar surface area (TPSA) is 12.0 Å². The maximum atomic E-state index is 6.21. The van der Waals surface area contributed by atoms with Gasteiger partial charge in [0.25, 0.3) is 0 Å². The molecule has 2 atom stereocenters. The molecule has 2 heteroatoms. The lowest BCUT2D eigenvalue weighted by atomic mass is 9.65. The summed E-state index contributed by atoms with van der Waals surface area (Å²) >= 11 is 6.21. The Morgan fingerprint density at radius 3 is 3.00 bits per heavy atom. The molecule has 0 spiro atoms. The van der Waals surface area contributed by atoms with Gasteiger partial charge in [0.1, 0.15) is 0 Å². The van der Waals surface area contributed by atoms with Gasteiger partial charge in [-0.1, -0.05) is 37.3 Å². The van der Waals surface area contributed by atoms with Crippen LogP contribution in [0.25, 0.3) is 0 Å². The third kappa shape index (κ3) is 1.87. The van der Waals surface area contributed by atoms with Crippen LogP contribution >= 0.6 is 11.6 Å². The highest BCUT2D eigenvalue weighted by Gasteiger charge is 2.44. The van der Waals surface area contributed by atoms with E-state index >= 15 is 0 Å². The molecule has 1 saturated carbocycles. The van der Waals surface area contributed by atoms with Crippen LogP contribution in [0.15, 0.2) is 34.9 Å². The van der Waals surface area contributed by atoms with Crippen LogP contribution in [-0.4, -0.2) is 13.1 Å². The fourth-order valence-electron chi connectivity index (χ4n) is 3.10. The fraction of sp³-hybridized carbons (Fsp3) is 0.571. The number of fused-ring (bicyclic) bond motifs is 1. The zero-order chi connectivity index (χ0) is 11.8. The van der Waals surface area contributed by atoms with E-state index in [0.29, 0.717) is 11.3 Å². The predicted molar refractivity (Wildman–Crippen MR) is 70.5 cm³/mol. The molecule has 2 aliphatic rings. The Labute approximate surface area is 103 Å². The molecule has 1 saturated heterocycles. The second kappa shape index (κ2) is 4.38. The van der Waals surface area contributed by atoms with Crippen molar-refractivity contribution in [2.75, 3.05) is 13.1 Å². The van der Waals surface area contributed by atoms with Crippen molar-refractivity contribution >= 4 is 11.6 Å². The van der Waals surface area contributed by atoms with Crippen molar-refractivity contribution in [1.29, 1.82) is 0 Å². The highest BCUT2D eigenvalue weighted by molar-refractivity contribution is 6.29. The van der Waals surface area contributed by atoms with E-state index in [2.05, 4.69) is 24.9 Å². The van der Waals surface area contributed by atoms with Crippen LogP contribution in [0.1, 0.15) is 26.7 Å². The van der Waals surface area contributed by atoms with Gasteiger partial charge in [-0.25, -0.2) is 0 Å². The van der Waals surface area contributed by atoms with Gasteiger partial charge >= 0.3 is 0 Å². The van der Waals surface area contributed by atoms with Gasteiger partial charge < -0.3 is 5.32 Å². The first-order valence-electron chi connectivity index (χ1n) is 5.97. The summed E-state index contributed by atoms with van der Waals surface area (Å²) in [6.07, 6.45) is 6.37. The average Bonchev–Trinajstić information content (AvgIpc) is 2.60. The lowest BCUT2D eigenvalue weighted by Gasteiger charge is -2.39. The summed E-state index contributed by atoms with van der Waals surface area (Å²) in [7, 11) is 0. The van der Waals surface area contributed by atoms with Gasteiger partial charge in [0.05, 0.1) is 0 Å². The molecule has 1 aliphatic carbocycles. The van der Waals surface area contributed by atoms with E-state index in [1.807, 2.05) is 13.0 Å². The minimum atomic E-state index is 0.407. The SMILES string of the molecule is C=C/C=C1\C(=C(/C)Cl)CC[C@@]2(C)CNC[C@@H]12. The molecule has 88 valence electrons. The maximum Gasteiger partial charge on any atom is 0.0184 e. The quantitative estimate of drug-likeness (QED) is 0.735. The number of allylic oxidation sites excluding steroid dienone is 4. The van der Waals surface area contributed by atoms with E-state index in [1.54, 1.807) is 0 Å². The molecule has 0 bridgehead atoms. The Bertz CT molecular complexity index is 363.